The van der Waals surface area contributed by atoms with E-state index in [0.29, 0.717) is 5.52 Å². The predicted molar refractivity (Wildman–Crippen MR) is 71.3 cm³/mol. The normalized spacial score (nSPS) is 23.0. The zero-order valence-corrected chi connectivity index (χ0v) is 11.5. The number of nitrogens with zero attached hydrogens (tertiary/aromatic N) is 3. The number of hydrogen-bond donors (Lipinski definition) is 1. The Hall–Kier alpha value is -2.09. The average molecular weight is 313 g/mol. The van der Waals surface area contributed by atoms with Gasteiger partial charge in [-0.15, -0.1) is 0 Å². The third-order valence-electron chi connectivity index (χ3n) is 3.94. The number of β-amino-alcohol motifs (C(OH)–C–C–N with tert-alkyl or cyclic N) is 1. The number of carbonyl (C=O) groups is 1. The largest absolute Gasteiger partial charge is 0.418 e. The Morgan fingerprint density at radius 3 is 2.86 bits per heavy atom. The third kappa shape index (κ3) is 2.33. The van der Waals surface area contributed by atoms with Crippen molar-refractivity contribution < 1.29 is 23.1 Å². The number of rotatable bonds is 1. The number of fused-ring (bicyclic) bond motifs is 1. The summed E-state index contributed by atoms with van der Waals surface area (Å²) >= 11 is 0. The minimum Gasteiger partial charge on any atom is -0.379 e. The van der Waals surface area contributed by atoms with E-state index in [-0.39, 0.29) is 18.5 Å². The summed E-state index contributed by atoms with van der Waals surface area (Å²) < 4.78 is 40.3. The molecule has 2 aromatic rings. The SMILES string of the molecule is O=C(c1cnn2ccccc12)N1CCCC(O)(C(F)(F)F)C1. The van der Waals surface area contributed by atoms with Crippen LogP contribution in [0.25, 0.3) is 5.52 Å². The first-order valence-corrected chi connectivity index (χ1v) is 6.83. The maximum absolute atomic E-state index is 13.0. The number of halogens is 3. The van der Waals surface area contributed by atoms with Crippen LogP contribution in [0.2, 0.25) is 0 Å². The van der Waals surface area contributed by atoms with Crippen molar-refractivity contribution in [2.75, 3.05) is 13.1 Å². The van der Waals surface area contributed by atoms with E-state index >= 15 is 0 Å². The minimum absolute atomic E-state index is 0.0982. The molecule has 1 fully saturated rings. The van der Waals surface area contributed by atoms with Crippen LogP contribution in [0.5, 0.6) is 0 Å². The summed E-state index contributed by atoms with van der Waals surface area (Å²) in [5.41, 5.74) is -2.09. The number of likely N-dealkylation sites (tertiary alicyclic amines) is 1. The van der Waals surface area contributed by atoms with E-state index in [1.54, 1.807) is 24.4 Å². The van der Waals surface area contributed by atoms with Crippen molar-refractivity contribution in [3.63, 3.8) is 0 Å². The van der Waals surface area contributed by atoms with Gasteiger partial charge < -0.3 is 10.0 Å². The van der Waals surface area contributed by atoms with Crippen LogP contribution in [-0.4, -0.2) is 50.4 Å². The number of hydrogen-bond acceptors (Lipinski definition) is 3. The summed E-state index contributed by atoms with van der Waals surface area (Å²) in [5, 5.41) is 13.8. The number of amides is 1. The smallest absolute Gasteiger partial charge is 0.379 e. The number of aromatic nitrogens is 2. The van der Waals surface area contributed by atoms with Crippen LogP contribution in [0.1, 0.15) is 23.2 Å². The first kappa shape index (κ1) is 14.8. The molecule has 5 nitrogen and oxygen atoms in total. The van der Waals surface area contributed by atoms with E-state index in [9.17, 15) is 23.1 Å². The molecular weight excluding hydrogens is 299 g/mol. The van der Waals surface area contributed by atoms with Crippen LogP contribution in [0.15, 0.2) is 30.6 Å². The fourth-order valence-corrected chi connectivity index (χ4v) is 2.71. The molecule has 0 spiro atoms. The molecule has 0 aliphatic carbocycles. The molecule has 0 bridgehead atoms. The molecule has 22 heavy (non-hydrogen) atoms. The molecular formula is C14H14F3N3O2. The molecule has 0 aromatic carbocycles. The lowest BCUT2D eigenvalue weighted by atomic mass is 9.92. The van der Waals surface area contributed by atoms with Gasteiger partial charge in [-0.3, -0.25) is 4.79 Å². The Morgan fingerprint density at radius 2 is 2.14 bits per heavy atom. The van der Waals surface area contributed by atoms with Crippen LogP contribution in [0.3, 0.4) is 0 Å². The van der Waals surface area contributed by atoms with Gasteiger partial charge in [-0.05, 0) is 25.0 Å². The number of aliphatic hydroxyl groups is 1. The fraction of sp³-hybridized carbons (Fsp3) is 0.429. The second kappa shape index (κ2) is 4.98. The van der Waals surface area contributed by atoms with E-state index in [2.05, 4.69) is 5.10 Å². The highest BCUT2D eigenvalue weighted by Gasteiger charge is 2.56. The monoisotopic (exact) mass is 313 g/mol. The van der Waals surface area contributed by atoms with Crippen molar-refractivity contribution in [3.8, 4) is 0 Å². The van der Waals surface area contributed by atoms with Crippen LogP contribution in [0.4, 0.5) is 13.2 Å². The van der Waals surface area contributed by atoms with E-state index in [0.717, 1.165) is 4.90 Å². The van der Waals surface area contributed by atoms with Crippen molar-refractivity contribution >= 4 is 11.4 Å². The quantitative estimate of drug-likeness (QED) is 0.874. The highest BCUT2D eigenvalue weighted by molar-refractivity contribution is 6.00. The van der Waals surface area contributed by atoms with Gasteiger partial charge in [0.2, 0.25) is 0 Å². The molecule has 1 saturated heterocycles. The van der Waals surface area contributed by atoms with Crippen molar-refractivity contribution in [2.45, 2.75) is 24.6 Å². The van der Waals surface area contributed by atoms with Gasteiger partial charge in [-0.25, -0.2) is 4.52 Å². The lowest BCUT2D eigenvalue weighted by Crippen LogP contribution is -2.58. The molecule has 8 heteroatoms. The van der Waals surface area contributed by atoms with Gasteiger partial charge in [0.25, 0.3) is 5.91 Å². The topological polar surface area (TPSA) is 57.8 Å². The first-order valence-electron chi connectivity index (χ1n) is 6.83. The van der Waals surface area contributed by atoms with Gasteiger partial charge >= 0.3 is 6.18 Å². The number of pyridine rings is 1. The van der Waals surface area contributed by atoms with Crippen molar-refractivity contribution in [1.29, 1.82) is 0 Å². The van der Waals surface area contributed by atoms with E-state index in [1.165, 1.54) is 10.7 Å². The number of carbonyl (C=O) groups excluding carboxylic acids is 1. The van der Waals surface area contributed by atoms with E-state index in [4.69, 9.17) is 0 Å². The van der Waals surface area contributed by atoms with Crippen LogP contribution in [0, 0.1) is 0 Å². The van der Waals surface area contributed by atoms with Gasteiger partial charge in [-0.1, -0.05) is 6.07 Å². The summed E-state index contributed by atoms with van der Waals surface area (Å²) in [4.78, 5) is 13.5. The Bertz CT molecular complexity index is 713. The van der Waals surface area contributed by atoms with Gasteiger partial charge in [0.1, 0.15) is 0 Å². The molecule has 1 amide bonds. The lowest BCUT2D eigenvalue weighted by Gasteiger charge is -2.40. The zero-order chi connectivity index (χ0) is 16.0. The average Bonchev–Trinajstić information content (AvgIpc) is 2.89. The fourth-order valence-electron chi connectivity index (χ4n) is 2.71. The summed E-state index contributed by atoms with van der Waals surface area (Å²) in [5.74, 6) is -0.552. The van der Waals surface area contributed by atoms with Crippen LogP contribution in [-0.2, 0) is 0 Å². The Kier molecular flexibility index (Phi) is 3.36. The molecule has 0 radical (unpaired) electrons. The highest BCUT2D eigenvalue weighted by atomic mass is 19.4. The molecule has 1 atom stereocenters. The lowest BCUT2D eigenvalue weighted by molar-refractivity contribution is -0.271. The van der Waals surface area contributed by atoms with Crippen molar-refractivity contribution in [2.24, 2.45) is 0 Å². The molecule has 1 aliphatic rings. The summed E-state index contributed by atoms with van der Waals surface area (Å²) in [6, 6.07) is 5.12. The molecule has 2 aromatic heterocycles. The Morgan fingerprint density at radius 1 is 1.36 bits per heavy atom. The maximum Gasteiger partial charge on any atom is 0.418 e. The maximum atomic E-state index is 13.0. The van der Waals surface area contributed by atoms with Gasteiger partial charge in [-0.2, -0.15) is 18.3 Å². The molecule has 3 rings (SSSR count). The Balaban J connectivity index is 1.89. The highest BCUT2D eigenvalue weighted by Crippen LogP contribution is 2.37. The van der Waals surface area contributed by atoms with Gasteiger partial charge in [0.15, 0.2) is 5.60 Å². The first-order chi connectivity index (χ1) is 10.3. The third-order valence-corrected chi connectivity index (χ3v) is 3.94. The molecule has 0 saturated carbocycles. The molecule has 1 aliphatic heterocycles. The number of piperidine rings is 1. The van der Waals surface area contributed by atoms with E-state index < -0.39 is 30.7 Å². The minimum atomic E-state index is -4.76. The van der Waals surface area contributed by atoms with Crippen LogP contribution >= 0.6 is 0 Å². The van der Waals surface area contributed by atoms with Crippen LogP contribution < -0.4 is 0 Å². The summed E-state index contributed by atoms with van der Waals surface area (Å²) in [6.45, 7) is -0.569. The molecule has 118 valence electrons. The summed E-state index contributed by atoms with van der Waals surface area (Å²) in [7, 11) is 0. The molecule has 3 heterocycles. The van der Waals surface area contributed by atoms with Crippen molar-refractivity contribution in [3.05, 3.63) is 36.2 Å². The standard InChI is InChI=1S/C14H14F3N3O2/c15-14(16,17)13(22)5-3-6-19(9-13)12(21)10-8-18-20-7-2-1-4-11(10)20/h1-2,4,7-8,22H,3,5-6,9H2. The Labute approximate surface area is 123 Å². The second-order valence-electron chi connectivity index (χ2n) is 5.45. The van der Waals surface area contributed by atoms with Gasteiger partial charge in [0, 0.05) is 12.7 Å². The van der Waals surface area contributed by atoms with Crippen molar-refractivity contribution in [1.82, 2.24) is 14.5 Å². The second-order valence-corrected chi connectivity index (χ2v) is 5.45. The van der Waals surface area contributed by atoms with Gasteiger partial charge in [0.05, 0.1) is 23.8 Å². The summed E-state index contributed by atoms with van der Waals surface area (Å²) in [6.07, 6.45) is -2.07. The zero-order valence-electron chi connectivity index (χ0n) is 11.5. The van der Waals surface area contributed by atoms with E-state index in [1.807, 2.05) is 0 Å². The molecule has 1 N–H and O–H groups in total. The number of alkyl halides is 3. The molecule has 1 unspecified atom stereocenters. The predicted octanol–water partition coefficient (Wildman–Crippen LogP) is 1.86.